The van der Waals surface area contributed by atoms with Crippen molar-refractivity contribution >= 4 is 21.9 Å². The van der Waals surface area contributed by atoms with Gasteiger partial charge in [0.2, 0.25) is 0 Å². The van der Waals surface area contributed by atoms with Crippen LogP contribution in [0.4, 0.5) is 0 Å². The van der Waals surface area contributed by atoms with Crippen molar-refractivity contribution in [2.45, 2.75) is 19.9 Å². The predicted octanol–water partition coefficient (Wildman–Crippen LogP) is 2.99. The van der Waals surface area contributed by atoms with Crippen LogP contribution in [-0.4, -0.2) is 29.6 Å². The number of halogens is 1. The number of carboxylic acids is 1. The van der Waals surface area contributed by atoms with Crippen molar-refractivity contribution in [2.24, 2.45) is 5.92 Å². The molecule has 0 aromatic heterocycles. The van der Waals surface area contributed by atoms with Crippen LogP contribution in [0.25, 0.3) is 0 Å². The fourth-order valence-corrected chi connectivity index (χ4v) is 2.01. The van der Waals surface area contributed by atoms with Gasteiger partial charge < -0.3 is 10.0 Å². The number of carbonyl (C=O) groups is 1. The molecule has 1 atom stereocenters. The Balaban J connectivity index is 2.39. The van der Waals surface area contributed by atoms with E-state index in [0.29, 0.717) is 6.42 Å². The van der Waals surface area contributed by atoms with E-state index in [0.717, 1.165) is 17.6 Å². The minimum Gasteiger partial charge on any atom is -0.481 e. The molecule has 0 fully saturated rings. The van der Waals surface area contributed by atoms with E-state index in [1.54, 1.807) is 6.92 Å². The van der Waals surface area contributed by atoms with Crippen LogP contribution in [0.5, 0.6) is 0 Å². The van der Waals surface area contributed by atoms with Crippen LogP contribution in [0.1, 0.15) is 18.9 Å². The summed E-state index contributed by atoms with van der Waals surface area (Å²) in [6.07, 6.45) is 0.680. The summed E-state index contributed by atoms with van der Waals surface area (Å²) >= 11 is 3.44. The minimum atomic E-state index is -0.721. The van der Waals surface area contributed by atoms with Gasteiger partial charge in [-0.15, -0.1) is 0 Å². The van der Waals surface area contributed by atoms with Crippen molar-refractivity contribution in [3.05, 3.63) is 34.3 Å². The van der Waals surface area contributed by atoms with Gasteiger partial charge in [-0.2, -0.15) is 0 Å². The van der Waals surface area contributed by atoms with Gasteiger partial charge in [0.1, 0.15) is 0 Å². The molecule has 17 heavy (non-hydrogen) atoms. The Hall–Kier alpha value is -0.870. The first-order valence-corrected chi connectivity index (χ1v) is 6.44. The first kappa shape index (κ1) is 14.2. The van der Waals surface area contributed by atoms with Crippen molar-refractivity contribution in [1.82, 2.24) is 4.90 Å². The zero-order valence-electron chi connectivity index (χ0n) is 10.2. The lowest BCUT2D eigenvalue weighted by Gasteiger charge is -2.18. The van der Waals surface area contributed by atoms with Crippen LogP contribution in [0.15, 0.2) is 28.7 Å². The van der Waals surface area contributed by atoms with Gasteiger partial charge in [-0.1, -0.05) is 35.0 Å². The Kier molecular flexibility index (Phi) is 5.65. The molecule has 0 saturated heterocycles. The third-order valence-electron chi connectivity index (χ3n) is 2.71. The lowest BCUT2D eigenvalue weighted by atomic mass is 10.1. The Bertz CT molecular complexity index is 381. The van der Waals surface area contributed by atoms with E-state index in [1.807, 2.05) is 19.2 Å². The van der Waals surface area contributed by atoms with Crippen molar-refractivity contribution in [1.29, 1.82) is 0 Å². The van der Waals surface area contributed by atoms with Gasteiger partial charge >= 0.3 is 5.97 Å². The van der Waals surface area contributed by atoms with E-state index >= 15 is 0 Å². The molecule has 1 aromatic carbocycles. The molecule has 1 unspecified atom stereocenters. The van der Waals surface area contributed by atoms with Crippen molar-refractivity contribution in [2.75, 3.05) is 13.6 Å². The summed E-state index contributed by atoms with van der Waals surface area (Å²) in [6.45, 7) is 3.38. The molecule has 0 saturated carbocycles. The second-order valence-corrected chi connectivity index (χ2v) is 5.31. The Morgan fingerprint density at radius 3 is 2.82 bits per heavy atom. The van der Waals surface area contributed by atoms with Gasteiger partial charge in [0.15, 0.2) is 0 Å². The lowest BCUT2D eigenvalue weighted by molar-refractivity contribution is -0.141. The lowest BCUT2D eigenvalue weighted by Crippen LogP contribution is -2.23. The molecule has 0 aliphatic rings. The monoisotopic (exact) mass is 299 g/mol. The summed E-state index contributed by atoms with van der Waals surface area (Å²) in [7, 11) is 2.01. The largest absolute Gasteiger partial charge is 0.481 e. The summed E-state index contributed by atoms with van der Waals surface area (Å²) < 4.78 is 1.07. The quantitative estimate of drug-likeness (QED) is 0.878. The maximum absolute atomic E-state index is 10.7. The number of hydrogen-bond donors (Lipinski definition) is 1. The molecule has 94 valence electrons. The van der Waals surface area contributed by atoms with Gasteiger partial charge in [-0.3, -0.25) is 4.79 Å². The third-order valence-corrected chi connectivity index (χ3v) is 3.20. The van der Waals surface area contributed by atoms with Crippen LogP contribution in [-0.2, 0) is 11.3 Å². The molecule has 0 spiro atoms. The molecule has 0 radical (unpaired) electrons. The fraction of sp³-hybridized carbons (Fsp3) is 0.462. The second-order valence-electron chi connectivity index (χ2n) is 4.40. The molecule has 1 aromatic rings. The molecule has 3 nitrogen and oxygen atoms in total. The summed E-state index contributed by atoms with van der Waals surface area (Å²) in [4.78, 5) is 12.8. The molecule has 0 aliphatic heterocycles. The maximum Gasteiger partial charge on any atom is 0.306 e. The van der Waals surface area contributed by atoms with E-state index < -0.39 is 5.97 Å². The highest BCUT2D eigenvalue weighted by Crippen LogP contribution is 2.13. The number of benzene rings is 1. The number of carboxylic acid groups (broad SMARTS) is 1. The normalized spacial score (nSPS) is 12.7. The zero-order chi connectivity index (χ0) is 12.8. The molecule has 0 amide bonds. The van der Waals surface area contributed by atoms with Gasteiger partial charge in [-0.05, 0) is 37.7 Å². The van der Waals surface area contributed by atoms with E-state index in [4.69, 9.17) is 5.11 Å². The van der Waals surface area contributed by atoms with E-state index in [1.165, 1.54) is 5.56 Å². The van der Waals surface area contributed by atoms with Crippen molar-refractivity contribution in [3.8, 4) is 0 Å². The Morgan fingerprint density at radius 2 is 2.24 bits per heavy atom. The average molecular weight is 300 g/mol. The standard InChI is InChI=1S/C13H18BrNO2/c1-10(13(16)17)6-7-15(2)9-11-4-3-5-12(14)8-11/h3-5,8,10H,6-7,9H2,1-2H3,(H,16,17). The van der Waals surface area contributed by atoms with Crippen LogP contribution in [0.2, 0.25) is 0 Å². The SMILES string of the molecule is CC(CCN(C)Cc1cccc(Br)c1)C(=O)O. The molecular weight excluding hydrogens is 282 g/mol. The van der Waals surface area contributed by atoms with E-state index in [2.05, 4.69) is 33.0 Å². The maximum atomic E-state index is 10.7. The zero-order valence-corrected chi connectivity index (χ0v) is 11.8. The minimum absolute atomic E-state index is 0.278. The second kappa shape index (κ2) is 6.77. The summed E-state index contributed by atoms with van der Waals surface area (Å²) in [5.74, 6) is -0.999. The van der Waals surface area contributed by atoms with Crippen molar-refractivity contribution < 1.29 is 9.90 Å². The van der Waals surface area contributed by atoms with Gasteiger partial charge in [0, 0.05) is 11.0 Å². The first-order chi connectivity index (χ1) is 7.99. The molecule has 1 N–H and O–H groups in total. The van der Waals surface area contributed by atoms with Crippen LogP contribution < -0.4 is 0 Å². The Labute approximate surface area is 111 Å². The highest BCUT2D eigenvalue weighted by atomic mass is 79.9. The molecule has 0 aliphatic carbocycles. The van der Waals surface area contributed by atoms with Gasteiger partial charge in [0.05, 0.1) is 5.92 Å². The topological polar surface area (TPSA) is 40.5 Å². The summed E-state index contributed by atoms with van der Waals surface area (Å²) in [6, 6.07) is 8.15. The average Bonchev–Trinajstić information content (AvgIpc) is 2.25. The highest BCUT2D eigenvalue weighted by molar-refractivity contribution is 9.10. The smallest absolute Gasteiger partial charge is 0.306 e. The third kappa shape index (κ3) is 5.33. The number of nitrogens with zero attached hydrogens (tertiary/aromatic N) is 1. The van der Waals surface area contributed by atoms with Crippen LogP contribution in [0, 0.1) is 5.92 Å². The van der Waals surface area contributed by atoms with Crippen LogP contribution in [0.3, 0.4) is 0 Å². The number of hydrogen-bond acceptors (Lipinski definition) is 2. The van der Waals surface area contributed by atoms with E-state index in [9.17, 15) is 4.79 Å². The van der Waals surface area contributed by atoms with Crippen molar-refractivity contribution in [3.63, 3.8) is 0 Å². The van der Waals surface area contributed by atoms with E-state index in [-0.39, 0.29) is 5.92 Å². The molecule has 4 heteroatoms. The Morgan fingerprint density at radius 1 is 1.53 bits per heavy atom. The first-order valence-electron chi connectivity index (χ1n) is 5.65. The van der Waals surface area contributed by atoms with Gasteiger partial charge in [0.25, 0.3) is 0 Å². The highest BCUT2D eigenvalue weighted by Gasteiger charge is 2.11. The fourth-order valence-electron chi connectivity index (χ4n) is 1.56. The molecule has 1 rings (SSSR count). The molecule has 0 heterocycles. The molecular formula is C13H18BrNO2. The number of aliphatic carboxylic acids is 1. The van der Waals surface area contributed by atoms with Crippen LogP contribution >= 0.6 is 15.9 Å². The molecule has 0 bridgehead atoms. The summed E-state index contributed by atoms with van der Waals surface area (Å²) in [5.41, 5.74) is 1.23. The summed E-state index contributed by atoms with van der Waals surface area (Å²) in [5, 5.41) is 8.80. The number of rotatable bonds is 6. The predicted molar refractivity (Wildman–Crippen MR) is 71.9 cm³/mol. The van der Waals surface area contributed by atoms with Gasteiger partial charge in [-0.25, -0.2) is 0 Å².